The number of rotatable bonds is 6. The Morgan fingerprint density at radius 2 is 2.10 bits per heavy atom. The van der Waals surface area contributed by atoms with Crippen LogP contribution in [0, 0.1) is 0 Å². The number of aromatic nitrogens is 1. The summed E-state index contributed by atoms with van der Waals surface area (Å²) < 4.78 is 5.21. The normalized spacial score (nSPS) is 11.6. The van der Waals surface area contributed by atoms with Crippen LogP contribution in [0.15, 0.2) is 23.3 Å². The van der Waals surface area contributed by atoms with Crippen molar-refractivity contribution in [2.45, 2.75) is 25.1 Å². The molecule has 0 amide bonds. The second-order valence-corrected chi connectivity index (χ2v) is 6.47. The molecule has 0 saturated carbocycles. The van der Waals surface area contributed by atoms with Crippen LogP contribution in [-0.4, -0.2) is 42.6 Å². The molecule has 0 radical (unpaired) electrons. The summed E-state index contributed by atoms with van der Waals surface area (Å²) >= 11 is 1.83. The first kappa shape index (κ1) is 20.3. The molecule has 5 nitrogen and oxygen atoms in total. The summed E-state index contributed by atoms with van der Waals surface area (Å²) in [6, 6.07) is 3.84. The van der Waals surface area contributed by atoms with Gasteiger partial charge in [0.2, 0.25) is 5.88 Å². The molecule has 0 aliphatic rings. The van der Waals surface area contributed by atoms with Crippen LogP contribution in [0.25, 0.3) is 0 Å². The van der Waals surface area contributed by atoms with Crippen molar-refractivity contribution in [3.63, 3.8) is 0 Å². The van der Waals surface area contributed by atoms with Crippen LogP contribution in [0.4, 0.5) is 0 Å². The van der Waals surface area contributed by atoms with Gasteiger partial charge in [-0.25, -0.2) is 4.98 Å². The fourth-order valence-electron chi connectivity index (χ4n) is 1.41. The van der Waals surface area contributed by atoms with Gasteiger partial charge in [0.05, 0.1) is 7.11 Å². The predicted molar refractivity (Wildman–Crippen MR) is 102 cm³/mol. The van der Waals surface area contributed by atoms with Crippen molar-refractivity contribution < 1.29 is 4.74 Å². The molecule has 1 rings (SSSR count). The third-order valence-electron chi connectivity index (χ3n) is 2.92. The highest BCUT2D eigenvalue weighted by Crippen LogP contribution is 2.19. The van der Waals surface area contributed by atoms with E-state index in [1.54, 1.807) is 20.4 Å². The van der Waals surface area contributed by atoms with E-state index < -0.39 is 0 Å². The van der Waals surface area contributed by atoms with E-state index >= 15 is 0 Å². The minimum absolute atomic E-state index is 0. The van der Waals surface area contributed by atoms with E-state index in [0.29, 0.717) is 12.4 Å². The topological polar surface area (TPSA) is 58.5 Å². The number of hydrogen-bond donors (Lipinski definition) is 2. The van der Waals surface area contributed by atoms with E-state index in [0.717, 1.165) is 18.1 Å². The number of methoxy groups -OCH3 is 1. The lowest BCUT2D eigenvalue weighted by Crippen LogP contribution is -2.42. The van der Waals surface area contributed by atoms with E-state index in [1.165, 1.54) is 0 Å². The summed E-state index contributed by atoms with van der Waals surface area (Å²) in [7, 11) is 3.38. The third kappa shape index (κ3) is 7.75. The number of halogens is 1. The van der Waals surface area contributed by atoms with Gasteiger partial charge in [0, 0.05) is 37.1 Å². The fourth-order valence-corrected chi connectivity index (χ4v) is 1.63. The Balaban J connectivity index is 0.00000400. The van der Waals surface area contributed by atoms with Gasteiger partial charge in [-0.15, -0.1) is 24.0 Å². The number of guanidine groups is 1. The molecule has 0 unspecified atom stereocenters. The molecule has 7 heteroatoms. The smallest absolute Gasteiger partial charge is 0.212 e. The molecule has 0 atom stereocenters. The molecule has 0 spiro atoms. The summed E-state index contributed by atoms with van der Waals surface area (Å²) in [5, 5.41) is 6.60. The summed E-state index contributed by atoms with van der Waals surface area (Å²) in [6.07, 6.45) is 3.91. The monoisotopic (exact) mass is 424 g/mol. The second kappa shape index (κ2) is 10.1. The summed E-state index contributed by atoms with van der Waals surface area (Å²) in [5.41, 5.74) is 1.08. The maximum atomic E-state index is 5.03. The first-order valence-corrected chi connectivity index (χ1v) is 7.72. The molecule has 1 aromatic heterocycles. The van der Waals surface area contributed by atoms with Gasteiger partial charge in [0.1, 0.15) is 0 Å². The van der Waals surface area contributed by atoms with Crippen molar-refractivity contribution in [1.29, 1.82) is 0 Å². The van der Waals surface area contributed by atoms with Gasteiger partial charge in [-0.1, -0.05) is 6.07 Å². The zero-order chi connectivity index (χ0) is 15.0. The molecule has 0 bridgehead atoms. The molecular formula is C14H25IN4OS. The lowest BCUT2D eigenvalue weighted by atomic mass is 10.2. The van der Waals surface area contributed by atoms with Gasteiger partial charge >= 0.3 is 0 Å². The zero-order valence-corrected chi connectivity index (χ0v) is 16.4. The van der Waals surface area contributed by atoms with Gasteiger partial charge in [0.25, 0.3) is 0 Å². The largest absolute Gasteiger partial charge is 0.481 e. The van der Waals surface area contributed by atoms with Crippen molar-refractivity contribution in [2.24, 2.45) is 4.99 Å². The lowest BCUT2D eigenvalue weighted by Gasteiger charge is -2.23. The van der Waals surface area contributed by atoms with Crippen molar-refractivity contribution >= 4 is 41.7 Å². The Morgan fingerprint density at radius 1 is 1.38 bits per heavy atom. The highest BCUT2D eigenvalue weighted by atomic mass is 127. The van der Waals surface area contributed by atoms with Gasteiger partial charge in [-0.2, -0.15) is 11.8 Å². The zero-order valence-electron chi connectivity index (χ0n) is 13.3. The number of thioether (sulfide) groups is 1. The fraction of sp³-hybridized carbons (Fsp3) is 0.571. The molecule has 1 aromatic rings. The molecular weight excluding hydrogens is 399 g/mol. The SMILES string of the molecule is CN=C(NCc1ccc(OC)nc1)NCC(C)(C)SC.I. The quantitative estimate of drug-likeness (QED) is 0.418. The highest BCUT2D eigenvalue weighted by molar-refractivity contribution is 14.0. The van der Waals surface area contributed by atoms with Crippen LogP contribution >= 0.6 is 35.7 Å². The van der Waals surface area contributed by atoms with Crippen molar-refractivity contribution in [1.82, 2.24) is 15.6 Å². The molecule has 120 valence electrons. The highest BCUT2D eigenvalue weighted by Gasteiger charge is 2.15. The summed E-state index contributed by atoms with van der Waals surface area (Å²) in [5.74, 6) is 1.42. The first-order valence-electron chi connectivity index (χ1n) is 6.49. The molecule has 0 saturated heterocycles. The van der Waals surface area contributed by atoms with Crippen LogP contribution in [0.1, 0.15) is 19.4 Å². The van der Waals surface area contributed by atoms with Gasteiger partial charge in [0.15, 0.2) is 5.96 Å². The standard InChI is InChI=1S/C14H24N4OS.HI/c1-14(2,20-5)10-18-13(15-3)17-9-11-6-7-12(19-4)16-8-11;/h6-8H,9-10H2,1-5H3,(H2,15,17,18);1H. The van der Waals surface area contributed by atoms with Crippen LogP contribution in [0.2, 0.25) is 0 Å². The first-order chi connectivity index (χ1) is 9.50. The van der Waals surface area contributed by atoms with Crippen LogP contribution in [0.5, 0.6) is 5.88 Å². The molecule has 0 aromatic carbocycles. The number of hydrogen-bond acceptors (Lipinski definition) is 4. The maximum absolute atomic E-state index is 5.03. The molecule has 1 heterocycles. The van der Waals surface area contributed by atoms with E-state index in [2.05, 4.69) is 40.7 Å². The Morgan fingerprint density at radius 3 is 2.57 bits per heavy atom. The molecule has 2 N–H and O–H groups in total. The minimum atomic E-state index is 0. The van der Waals surface area contributed by atoms with E-state index in [9.17, 15) is 0 Å². The number of nitrogens with one attached hydrogen (secondary N) is 2. The van der Waals surface area contributed by atoms with Crippen LogP contribution in [-0.2, 0) is 6.54 Å². The minimum Gasteiger partial charge on any atom is -0.481 e. The van der Waals surface area contributed by atoms with E-state index in [-0.39, 0.29) is 28.7 Å². The predicted octanol–water partition coefficient (Wildman–Crippen LogP) is 2.51. The van der Waals surface area contributed by atoms with E-state index in [1.807, 2.05) is 23.9 Å². The molecule has 0 aliphatic heterocycles. The number of ether oxygens (including phenoxy) is 1. The second-order valence-electron chi connectivity index (χ2n) is 4.95. The van der Waals surface area contributed by atoms with Gasteiger partial charge < -0.3 is 15.4 Å². The van der Waals surface area contributed by atoms with E-state index in [4.69, 9.17) is 4.74 Å². The molecule has 21 heavy (non-hydrogen) atoms. The van der Waals surface area contributed by atoms with Crippen LogP contribution in [0.3, 0.4) is 0 Å². The Bertz CT molecular complexity index is 437. The molecule has 0 fully saturated rings. The molecule has 0 aliphatic carbocycles. The number of nitrogens with zero attached hydrogens (tertiary/aromatic N) is 2. The summed E-state index contributed by atoms with van der Waals surface area (Å²) in [4.78, 5) is 8.39. The van der Waals surface area contributed by atoms with Gasteiger partial charge in [-0.3, -0.25) is 4.99 Å². The van der Waals surface area contributed by atoms with Crippen molar-refractivity contribution in [3.05, 3.63) is 23.9 Å². The Hall–Kier alpha value is -0.700. The Kier molecular flexibility index (Phi) is 9.76. The number of pyridine rings is 1. The van der Waals surface area contributed by atoms with Crippen LogP contribution < -0.4 is 15.4 Å². The number of aliphatic imine (C=N–C) groups is 1. The lowest BCUT2D eigenvalue weighted by molar-refractivity contribution is 0.397. The average Bonchev–Trinajstić information content (AvgIpc) is 2.48. The average molecular weight is 424 g/mol. The third-order valence-corrected chi connectivity index (χ3v) is 4.17. The maximum Gasteiger partial charge on any atom is 0.212 e. The van der Waals surface area contributed by atoms with Crippen molar-refractivity contribution in [3.8, 4) is 5.88 Å². The Labute approximate surface area is 148 Å². The summed E-state index contributed by atoms with van der Waals surface area (Å²) in [6.45, 7) is 5.93. The van der Waals surface area contributed by atoms with Gasteiger partial charge in [-0.05, 0) is 25.7 Å². The van der Waals surface area contributed by atoms with Crippen molar-refractivity contribution in [2.75, 3.05) is 27.0 Å².